The van der Waals surface area contributed by atoms with Crippen LogP contribution in [-0.4, -0.2) is 14.8 Å². The van der Waals surface area contributed by atoms with E-state index in [-0.39, 0.29) is 5.41 Å². The first-order chi connectivity index (χ1) is 9.64. The van der Waals surface area contributed by atoms with E-state index < -0.39 is 0 Å². The summed E-state index contributed by atoms with van der Waals surface area (Å²) in [6.07, 6.45) is 14.8. The van der Waals surface area contributed by atoms with Crippen molar-refractivity contribution in [2.45, 2.75) is 90.4 Å². The molecule has 0 bridgehead atoms. The van der Waals surface area contributed by atoms with Crippen LogP contribution in [0.4, 0.5) is 0 Å². The first-order valence-corrected chi connectivity index (χ1v) is 8.48. The Morgan fingerprint density at radius 3 is 1.90 bits per heavy atom. The Kier molecular flexibility index (Phi) is 7.86. The maximum Gasteiger partial charge on any atom is 0.138 e. The predicted octanol–water partition coefficient (Wildman–Crippen LogP) is 5.01. The van der Waals surface area contributed by atoms with Gasteiger partial charge < -0.3 is 0 Å². The molecule has 1 aromatic heterocycles. The quantitative estimate of drug-likeness (QED) is 0.533. The van der Waals surface area contributed by atoms with E-state index in [0.29, 0.717) is 0 Å². The SMILES string of the molecule is CCCCCCC(C)(CCCCCC)c1ncnn1C. The maximum atomic E-state index is 4.54. The van der Waals surface area contributed by atoms with Crippen molar-refractivity contribution < 1.29 is 0 Å². The molecule has 0 aliphatic heterocycles. The van der Waals surface area contributed by atoms with Crippen molar-refractivity contribution >= 4 is 0 Å². The highest BCUT2D eigenvalue weighted by molar-refractivity contribution is 5.05. The Morgan fingerprint density at radius 1 is 0.950 bits per heavy atom. The first kappa shape index (κ1) is 17.2. The Morgan fingerprint density at radius 2 is 1.50 bits per heavy atom. The van der Waals surface area contributed by atoms with Gasteiger partial charge in [0.1, 0.15) is 12.2 Å². The molecule has 0 fully saturated rings. The van der Waals surface area contributed by atoms with Gasteiger partial charge in [-0.1, -0.05) is 72.1 Å². The van der Waals surface area contributed by atoms with Crippen molar-refractivity contribution in [2.75, 3.05) is 0 Å². The molecule has 0 unspecified atom stereocenters. The van der Waals surface area contributed by atoms with Crippen molar-refractivity contribution in [1.82, 2.24) is 14.8 Å². The predicted molar refractivity (Wildman–Crippen MR) is 85.9 cm³/mol. The number of nitrogens with zero attached hydrogens (tertiary/aromatic N) is 3. The molecule has 0 aliphatic rings. The molecule has 0 N–H and O–H groups in total. The molecule has 0 saturated heterocycles. The summed E-state index contributed by atoms with van der Waals surface area (Å²) in [6, 6.07) is 0. The summed E-state index contributed by atoms with van der Waals surface area (Å²) in [5.41, 5.74) is 0.201. The van der Waals surface area contributed by atoms with Gasteiger partial charge in [-0.2, -0.15) is 5.10 Å². The zero-order valence-corrected chi connectivity index (χ0v) is 14.0. The number of rotatable bonds is 11. The Balaban J connectivity index is 2.60. The van der Waals surface area contributed by atoms with Crippen molar-refractivity contribution in [2.24, 2.45) is 7.05 Å². The molecule has 0 saturated carbocycles. The van der Waals surface area contributed by atoms with E-state index in [9.17, 15) is 0 Å². The van der Waals surface area contributed by atoms with Crippen LogP contribution in [0.2, 0.25) is 0 Å². The van der Waals surface area contributed by atoms with Gasteiger partial charge in [0.05, 0.1) is 0 Å². The number of aryl methyl sites for hydroxylation is 1. The summed E-state index contributed by atoms with van der Waals surface area (Å²) in [5, 5.41) is 4.28. The topological polar surface area (TPSA) is 30.7 Å². The molecule has 0 aliphatic carbocycles. The van der Waals surface area contributed by atoms with Gasteiger partial charge in [-0.15, -0.1) is 0 Å². The van der Waals surface area contributed by atoms with E-state index in [1.54, 1.807) is 6.33 Å². The third kappa shape index (κ3) is 5.26. The number of hydrogen-bond donors (Lipinski definition) is 0. The van der Waals surface area contributed by atoms with E-state index in [4.69, 9.17) is 0 Å². The standard InChI is InChI=1S/C17H33N3/c1-5-7-9-11-13-17(3,14-12-10-8-6-2)16-18-15-19-20(16)4/h15H,5-14H2,1-4H3. The molecule has 20 heavy (non-hydrogen) atoms. The lowest BCUT2D eigenvalue weighted by Crippen LogP contribution is -2.26. The highest BCUT2D eigenvalue weighted by atomic mass is 15.3. The highest BCUT2D eigenvalue weighted by Crippen LogP contribution is 2.33. The average Bonchev–Trinajstić information content (AvgIpc) is 2.87. The van der Waals surface area contributed by atoms with Gasteiger partial charge in [-0.05, 0) is 12.8 Å². The fourth-order valence-electron chi connectivity index (χ4n) is 3.08. The smallest absolute Gasteiger partial charge is 0.138 e. The lowest BCUT2D eigenvalue weighted by Gasteiger charge is -2.28. The molecule has 1 aromatic rings. The summed E-state index contributed by atoms with van der Waals surface area (Å²) in [5.74, 6) is 1.17. The van der Waals surface area contributed by atoms with Crippen LogP contribution in [0.1, 0.15) is 90.8 Å². The lowest BCUT2D eigenvalue weighted by molar-refractivity contribution is 0.334. The van der Waals surface area contributed by atoms with Crippen LogP contribution in [-0.2, 0) is 12.5 Å². The average molecular weight is 279 g/mol. The van der Waals surface area contributed by atoms with Gasteiger partial charge >= 0.3 is 0 Å². The molecule has 116 valence electrons. The third-order valence-electron chi connectivity index (χ3n) is 4.42. The van der Waals surface area contributed by atoms with Gasteiger partial charge in [0, 0.05) is 12.5 Å². The van der Waals surface area contributed by atoms with Gasteiger partial charge in [0.25, 0.3) is 0 Å². The molecule has 1 rings (SSSR count). The fourth-order valence-corrected chi connectivity index (χ4v) is 3.08. The van der Waals surface area contributed by atoms with Crippen molar-refractivity contribution in [3.63, 3.8) is 0 Å². The van der Waals surface area contributed by atoms with Gasteiger partial charge in [0.15, 0.2) is 0 Å². The van der Waals surface area contributed by atoms with Gasteiger partial charge in [-0.3, -0.25) is 4.68 Å². The molecule has 0 spiro atoms. The molecular formula is C17H33N3. The summed E-state index contributed by atoms with van der Waals surface area (Å²) >= 11 is 0. The van der Waals surface area contributed by atoms with Crippen molar-refractivity contribution in [1.29, 1.82) is 0 Å². The van der Waals surface area contributed by atoms with Crippen LogP contribution in [0.5, 0.6) is 0 Å². The molecule has 3 nitrogen and oxygen atoms in total. The first-order valence-electron chi connectivity index (χ1n) is 8.48. The van der Waals surface area contributed by atoms with Crippen LogP contribution >= 0.6 is 0 Å². The van der Waals surface area contributed by atoms with Crippen LogP contribution < -0.4 is 0 Å². The van der Waals surface area contributed by atoms with Crippen LogP contribution in [0.3, 0.4) is 0 Å². The number of hydrogen-bond acceptors (Lipinski definition) is 2. The van der Waals surface area contributed by atoms with E-state index in [1.807, 2.05) is 11.7 Å². The minimum absolute atomic E-state index is 0.201. The van der Waals surface area contributed by atoms with Gasteiger partial charge in [-0.25, -0.2) is 4.98 Å². The molecule has 3 heteroatoms. The normalized spacial score (nSPS) is 12.0. The molecule has 1 heterocycles. The Hall–Kier alpha value is -0.860. The van der Waals surface area contributed by atoms with Crippen LogP contribution in [0.15, 0.2) is 6.33 Å². The zero-order chi connectivity index (χ0) is 14.8. The van der Waals surface area contributed by atoms with Crippen molar-refractivity contribution in [3.8, 4) is 0 Å². The Bertz CT molecular complexity index is 345. The van der Waals surface area contributed by atoms with E-state index in [2.05, 4.69) is 30.9 Å². The molecule has 0 atom stereocenters. The van der Waals surface area contributed by atoms with Crippen molar-refractivity contribution in [3.05, 3.63) is 12.2 Å². The summed E-state index contributed by atoms with van der Waals surface area (Å²) < 4.78 is 1.97. The second-order valence-corrected chi connectivity index (χ2v) is 6.39. The van der Waals surface area contributed by atoms with Crippen LogP contribution in [0, 0.1) is 0 Å². The van der Waals surface area contributed by atoms with E-state index in [1.165, 1.54) is 70.0 Å². The lowest BCUT2D eigenvalue weighted by atomic mass is 9.79. The zero-order valence-electron chi connectivity index (χ0n) is 14.0. The molecule has 0 aromatic carbocycles. The Labute approximate surface area is 125 Å². The highest BCUT2D eigenvalue weighted by Gasteiger charge is 2.30. The summed E-state index contributed by atoms with van der Waals surface area (Å²) in [4.78, 5) is 4.54. The molecular weight excluding hydrogens is 246 g/mol. The fraction of sp³-hybridized carbons (Fsp3) is 0.882. The maximum absolute atomic E-state index is 4.54. The minimum atomic E-state index is 0.201. The summed E-state index contributed by atoms with van der Waals surface area (Å²) in [7, 11) is 2.03. The largest absolute Gasteiger partial charge is 0.253 e. The van der Waals surface area contributed by atoms with E-state index >= 15 is 0 Å². The van der Waals surface area contributed by atoms with E-state index in [0.717, 1.165) is 0 Å². The minimum Gasteiger partial charge on any atom is -0.253 e. The number of unbranched alkanes of at least 4 members (excludes halogenated alkanes) is 6. The second-order valence-electron chi connectivity index (χ2n) is 6.39. The number of aromatic nitrogens is 3. The van der Waals surface area contributed by atoms with Crippen LogP contribution in [0.25, 0.3) is 0 Å². The monoisotopic (exact) mass is 279 g/mol. The summed E-state index contributed by atoms with van der Waals surface area (Å²) in [6.45, 7) is 6.92. The second kappa shape index (κ2) is 9.15. The third-order valence-corrected chi connectivity index (χ3v) is 4.42. The van der Waals surface area contributed by atoms with Gasteiger partial charge in [0.2, 0.25) is 0 Å². The molecule has 0 amide bonds. The molecule has 0 radical (unpaired) electrons.